The van der Waals surface area contributed by atoms with E-state index in [0.29, 0.717) is 0 Å². The lowest BCUT2D eigenvalue weighted by molar-refractivity contribution is 0.306. The van der Waals surface area contributed by atoms with E-state index in [1.165, 1.54) is 12.0 Å². The molecule has 0 spiro atoms. The van der Waals surface area contributed by atoms with E-state index in [9.17, 15) is 0 Å². The zero-order valence-corrected chi connectivity index (χ0v) is 9.05. The second-order valence-corrected chi connectivity index (χ2v) is 3.34. The van der Waals surface area contributed by atoms with Gasteiger partial charge in [0.2, 0.25) is 0 Å². The van der Waals surface area contributed by atoms with Crippen molar-refractivity contribution >= 4 is 0 Å². The van der Waals surface area contributed by atoms with Gasteiger partial charge in [0.25, 0.3) is 0 Å². The number of unbranched alkanes of at least 4 members (excludes halogenated alkanes) is 1. The molecular formula is C12H19NO. The predicted octanol–water partition coefficient (Wildman–Crippen LogP) is 2.58. The van der Waals surface area contributed by atoms with Gasteiger partial charge in [-0.15, -0.1) is 0 Å². The molecule has 78 valence electrons. The van der Waals surface area contributed by atoms with Crippen molar-refractivity contribution in [1.82, 2.24) is 5.32 Å². The van der Waals surface area contributed by atoms with E-state index < -0.39 is 0 Å². The molecule has 1 aromatic carbocycles. The standard InChI is InChI=1S/C12H19NO/c1-3-4-9-14-12-8-6-5-7-11(12)10-13-2/h5-8,13H,3-4,9-10H2,1-2H3. The lowest BCUT2D eigenvalue weighted by Crippen LogP contribution is -2.07. The van der Waals surface area contributed by atoms with Crippen LogP contribution in [-0.2, 0) is 6.54 Å². The number of hydrogen-bond acceptors (Lipinski definition) is 2. The molecule has 2 nitrogen and oxygen atoms in total. The van der Waals surface area contributed by atoms with Crippen LogP contribution in [0.2, 0.25) is 0 Å². The molecule has 0 bridgehead atoms. The molecule has 0 radical (unpaired) electrons. The SMILES string of the molecule is CCCCOc1ccccc1CNC. The van der Waals surface area contributed by atoms with Crippen molar-refractivity contribution in [2.45, 2.75) is 26.3 Å². The zero-order chi connectivity index (χ0) is 10.2. The molecule has 0 fully saturated rings. The minimum atomic E-state index is 0.817. The Balaban J connectivity index is 2.55. The van der Waals surface area contributed by atoms with Crippen LogP contribution in [0.3, 0.4) is 0 Å². The largest absolute Gasteiger partial charge is 0.493 e. The molecule has 1 aromatic rings. The minimum Gasteiger partial charge on any atom is -0.493 e. The van der Waals surface area contributed by atoms with Crippen molar-refractivity contribution in [3.05, 3.63) is 29.8 Å². The smallest absolute Gasteiger partial charge is 0.123 e. The maximum absolute atomic E-state index is 5.69. The molecule has 0 aromatic heterocycles. The third-order valence-electron chi connectivity index (χ3n) is 2.10. The van der Waals surface area contributed by atoms with Gasteiger partial charge >= 0.3 is 0 Å². The fourth-order valence-electron chi connectivity index (χ4n) is 1.31. The molecule has 0 aliphatic carbocycles. The van der Waals surface area contributed by atoms with Crippen molar-refractivity contribution in [1.29, 1.82) is 0 Å². The summed E-state index contributed by atoms with van der Waals surface area (Å²) in [6.07, 6.45) is 2.29. The van der Waals surface area contributed by atoms with E-state index in [4.69, 9.17) is 4.74 Å². The van der Waals surface area contributed by atoms with E-state index in [-0.39, 0.29) is 0 Å². The second kappa shape index (κ2) is 6.44. The number of para-hydroxylation sites is 1. The number of hydrogen-bond donors (Lipinski definition) is 1. The van der Waals surface area contributed by atoms with Crippen LogP contribution in [0.15, 0.2) is 24.3 Å². The fourth-order valence-corrected chi connectivity index (χ4v) is 1.31. The molecule has 1 rings (SSSR count). The van der Waals surface area contributed by atoms with E-state index in [0.717, 1.165) is 25.3 Å². The van der Waals surface area contributed by atoms with Crippen LogP contribution in [0.25, 0.3) is 0 Å². The van der Waals surface area contributed by atoms with Gasteiger partial charge in [-0.2, -0.15) is 0 Å². The maximum atomic E-state index is 5.69. The first kappa shape index (κ1) is 11.1. The van der Waals surface area contributed by atoms with Gasteiger partial charge in [-0.05, 0) is 19.5 Å². The van der Waals surface area contributed by atoms with Crippen LogP contribution in [0.1, 0.15) is 25.3 Å². The van der Waals surface area contributed by atoms with Gasteiger partial charge in [-0.25, -0.2) is 0 Å². The normalized spacial score (nSPS) is 10.1. The highest BCUT2D eigenvalue weighted by molar-refractivity contribution is 5.33. The van der Waals surface area contributed by atoms with Gasteiger partial charge < -0.3 is 10.1 Å². The van der Waals surface area contributed by atoms with Crippen molar-refractivity contribution < 1.29 is 4.74 Å². The quantitative estimate of drug-likeness (QED) is 0.701. The maximum Gasteiger partial charge on any atom is 0.123 e. The molecule has 0 atom stereocenters. The average Bonchev–Trinajstić information content (AvgIpc) is 2.21. The Bertz CT molecular complexity index is 260. The Hall–Kier alpha value is -1.02. The third-order valence-corrected chi connectivity index (χ3v) is 2.10. The van der Waals surface area contributed by atoms with Crippen LogP contribution >= 0.6 is 0 Å². The second-order valence-electron chi connectivity index (χ2n) is 3.34. The number of nitrogens with one attached hydrogen (secondary N) is 1. The summed E-state index contributed by atoms with van der Waals surface area (Å²) >= 11 is 0. The molecule has 0 aliphatic heterocycles. The minimum absolute atomic E-state index is 0.817. The van der Waals surface area contributed by atoms with Crippen LogP contribution in [-0.4, -0.2) is 13.7 Å². The summed E-state index contributed by atoms with van der Waals surface area (Å²) in [7, 11) is 1.95. The number of benzene rings is 1. The highest BCUT2D eigenvalue weighted by Gasteiger charge is 2.00. The van der Waals surface area contributed by atoms with Crippen LogP contribution in [0.5, 0.6) is 5.75 Å². The van der Waals surface area contributed by atoms with E-state index in [2.05, 4.69) is 18.3 Å². The molecule has 0 saturated heterocycles. The fraction of sp³-hybridized carbons (Fsp3) is 0.500. The molecule has 0 amide bonds. The predicted molar refractivity (Wildman–Crippen MR) is 59.6 cm³/mol. The average molecular weight is 193 g/mol. The van der Waals surface area contributed by atoms with Gasteiger partial charge in [-0.1, -0.05) is 31.5 Å². The molecule has 0 aliphatic rings. The van der Waals surface area contributed by atoms with Gasteiger partial charge in [0.15, 0.2) is 0 Å². The first-order valence-corrected chi connectivity index (χ1v) is 5.23. The highest BCUT2D eigenvalue weighted by Crippen LogP contribution is 2.17. The third kappa shape index (κ3) is 3.38. The van der Waals surface area contributed by atoms with Crippen LogP contribution in [0, 0.1) is 0 Å². The van der Waals surface area contributed by atoms with Crippen LogP contribution in [0.4, 0.5) is 0 Å². The molecule has 1 N–H and O–H groups in total. The lowest BCUT2D eigenvalue weighted by atomic mass is 10.2. The molecule has 0 saturated carbocycles. The molecule has 14 heavy (non-hydrogen) atoms. The van der Waals surface area contributed by atoms with E-state index in [1.54, 1.807) is 0 Å². The summed E-state index contributed by atoms with van der Waals surface area (Å²) < 4.78 is 5.69. The summed E-state index contributed by atoms with van der Waals surface area (Å²) in [6, 6.07) is 8.18. The zero-order valence-electron chi connectivity index (χ0n) is 9.05. The Morgan fingerprint density at radius 2 is 2.07 bits per heavy atom. The number of rotatable bonds is 6. The molecule has 0 unspecified atom stereocenters. The monoisotopic (exact) mass is 193 g/mol. The van der Waals surface area contributed by atoms with Crippen molar-refractivity contribution in [2.75, 3.05) is 13.7 Å². The van der Waals surface area contributed by atoms with Crippen molar-refractivity contribution in [2.24, 2.45) is 0 Å². The molecule has 0 heterocycles. The highest BCUT2D eigenvalue weighted by atomic mass is 16.5. The van der Waals surface area contributed by atoms with Crippen LogP contribution < -0.4 is 10.1 Å². The summed E-state index contributed by atoms with van der Waals surface area (Å²) in [6.45, 7) is 3.85. The topological polar surface area (TPSA) is 21.3 Å². The molecule has 2 heteroatoms. The van der Waals surface area contributed by atoms with E-state index >= 15 is 0 Å². The Kier molecular flexibility index (Phi) is 5.08. The summed E-state index contributed by atoms with van der Waals surface area (Å²) in [4.78, 5) is 0. The van der Waals surface area contributed by atoms with Gasteiger partial charge in [-0.3, -0.25) is 0 Å². The summed E-state index contributed by atoms with van der Waals surface area (Å²) in [5, 5.41) is 3.13. The Morgan fingerprint density at radius 1 is 1.29 bits per heavy atom. The van der Waals surface area contributed by atoms with Crippen molar-refractivity contribution in [3.8, 4) is 5.75 Å². The summed E-state index contributed by atoms with van der Waals surface area (Å²) in [5.41, 5.74) is 1.23. The van der Waals surface area contributed by atoms with Gasteiger partial charge in [0.1, 0.15) is 5.75 Å². The van der Waals surface area contributed by atoms with E-state index in [1.807, 2.05) is 25.2 Å². The van der Waals surface area contributed by atoms with Gasteiger partial charge in [0.05, 0.1) is 6.61 Å². The molecular weight excluding hydrogens is 174 g/mol. The Morgan fingerprint density at radius 3 is 2.79 bits per heavy atom. The number of ether oxygens (including phenoxy) is 1. The van der Waals surface area contributed by atoms with Gasteiger partial charge in [0, 0.05) is 12.1 Å². The lowest BCUT2D eigenvalue weighted by Gasteiger charge is -2.10. The summed E-state index contributed by atoms with van der Waals surface area (Å²) in [5.74, 6) is 1.01. The Labute approximate surface area is 86.3 Å². The first-order chi connectivity index (χ1) is 6.88. The first-order valence-electron chi connectivity index (χ1n) is 5.23. The van der Waals surface area contributed by atoms with Crippen molar-refractivity contribution in [3.63, 3.8) is 0 Å².